The third-order valence-corrected chi connectivity index (χ3v) is 3.42. The highest BCUT2D eigenvalue weighted by Crippen LogP contribution is 2.22. The number of ether oxygens (including phenoxy) is 1. The van der Waals surface area contributed by atoms with Crippen LogP contribution < -0.4 is 5.32 Å². The molecule has 3 nitrogen and oxygen atoms in total. The molecular formula is C15H21NO2. The molecule has 1 amide bonds. The molecule has 1 aliphatic carbocycles. The first-order valence-corrected chi connectivity index (χ1v) is 6.70. The minimum absolute atomic E-state index is 0.0273. The molecule has 0 saturated carbocycles. The number of rotatable bonds is 5. The Balaban J connectivity index is 1.94. The van der Waals surface area contributed by atoms with Crippen molar-refractivity contribution in [3.8, 4) is 0 Å². The minimum atomic E-state index is 0.0273. The topological polar surface area (TPSA) is 38.3 Å². The summed E-state index contributed by atoms with van der Waals surface area (Å²) in [6, 6.07) is 6.11. The van der Waals surface area contributed by atoms with Gasteiger partial charge in [0.15, 0.2) is 0 Å². The Bertz CT molecular complexity index is 415. The molecule has 0 spiro atoms. The number of carbonyl (C=O) groups is 1. The second kappa shape index (κ2) is 6.55. The van der Waals surface area contributed by atoms with Gasteiger partial charge in [-0.25, -0.2) is 0 Å². The van der Waals surface area contributed by atoms with E-state index in [0.717, 1.165) is 24.8 Å². The molecule has 0 bridgehead atoms. The van der Waals surface area contributed by atoms with Crippen LogP contribution in [0.15, 0.2) is 18.2 Å². The SMILES string of the molecule is COCCCNC(=O)c1ccc2c(c1)CCCC2. The molecule has 1 aliphatic rings. The number of carbonyl (C=O) groups excluding carboxylic acids is 1. The van der Waals surface area contributed by atoms with E-state index in [2.05, 4.69) is 17.4 Å². The number of amides is 1. The van der Waals surface area contributed by atoms with Gasteiger partial charge in [0, 0.05) is 25.8 Å². The summed E-state index contributed by atoms with van der Waals surface area (Å²) in [4.78, 5) is 11.9. The van der Waals surface area contributed by atoms with Gasteiger partial charge in [-0.05, 0) is 55.4 Å². The van der Waals surface area contributed by atoms with Gasteiger partial charge in [-0.2, -0.15) is 0 Å². The summed E-state index contributed by atoms with van der Waals surface area (Å²) in [5.41, 5.74) is 3.55. The van der Waals surface area contributed by atoms with Crippen molar-refractivity contribution in [1.82, 2.24) is 5.32 Å². The maximum atomic E-state index is 11.9. The molecule has 2 rings (SSSR count). The smallest absolute Gasteiger partial charge is 0.251 e. The molecule has 0 atom stereocenters. The summed E-state index contributed by atoms with van der Waals surface area (Å²) in [5.74, 6) is 0.0273. The van der Waals surface area contributed by atoms with Crippen LogP contribution in [0.5, 0.6) is 0 Å². The summed E-state index contributed by atoms with van der Waals surface area (Å²) in [5, 5.41) is 2.92. The van der Waals surface area contributed by atoms with Gasteiger partial charge >= 0.3 is 0 Å². The zero-order valence-electron chi connectivity index (χ0n) is 11.0. The van der Waals surface area contributed by atoms with Crippen LogP contribution in [0, 0.1) is 0 Å². The van der Waals surface area contributed by atoms with E-state index >= 15 is 0 Å². The van der Waals surface area contributed by atoms with Crippen LogP contribution in [0.3, 0.4) is 0 Å². The Hall–Kier alpha value is -1.35. The van der Waals surface area contributed by atoms with Crippen molar-refractivity contribution in [2.75, 3.05) is 20.3 Å². The third kappa shape index (κ3) is 3.33. The lowest BCUT2D eigenvalue weighted by atomic mass is 9.90. The van der Waals surface area contributed by atoms with E-state index in [0.29, 0.717) is 13.2 Å². The molecule has 0 aliphatic heterocycles. The van der Waals surface area contributed by atoms with Crippen LogP contribution in [0.25, 0.3) is 0 Å². The first kappa shape index (κ1) is 13.1. The van der Waals surface area contributed by atoms with Crippen LogP contribution in [0.1, 0.15) is 40.7 Å². The molecule has 0 radical (unpaired) electrons. The quantitative estimate of drug-likeness (QED) is 0.811. The highest BCUT2D eigenvalue weighted by atomic mass is 16.5. The van der Waals surface area contributed by atoms with Gasteiger partial charge in [-0.1, -0.05) is 6.07 Å². The van der Waals surface area contributed by atoms with Gasteiger partial charge in [-0.15, -0.1) is 0 Å². The zero-order valence-corrected chi connectivity index (χ0v) is 11.0. The van der Waals surface area contributed by atoms with Crippen LogP contribution >= 0.6 is 0 Å². The van der Waals surface area contributed by atoms with Gasteiger partial charge in [0.05, 0.1) is 0 Å². The average Bonchev–Trinajstić information content (AvgIpc) is 2.43. The predicted octanol–water partition coefficient (Wildman–Crippen LogP) is 2.33. The normalized spacial score (nSPS) is 14.1. The number of fused-ring (bicyclic) bond motifs is 1. The molecule has 0 heterocycles. The summed E-state index contributed by atoms with van der Waals surface area (Å²) in [6.45, 7) is 1.36. The Morgan fingerprint density at radius 2 is 2.06 bits per heavy atom. The Morgan fingerprint density at radius 3 is 2.83 bits per heavy atom. The van der Waals surface area contributed by atoms with Crippen LogP contribution in [0.4, 0.5) is 0 Å². The summed E-state index contributed by atoms with van der Waals surface area (Å²) >= 11 is 0. The fraction of sp³-hybridized carbons (Fsp3) is 0.533. The molecule has 0 saturated heterocycles. The molecule has 3 heteroatoms. The molecular weight excluding hydrogens is 226 g/mol. The number of aryl methyl sites for hydroxylation is 2. The second-order valence-corrected chi connectivity index (χ2v) is 4.79. The van der Waals surface area contributed by atoms with Gasteiger partial charge < -0.3 is 10.1 Å². The third-order valence-electron chi connectivity index (χ3n) is 3.42. The molecule has 0 fully saturated rings. The highest BCUT2D eigenvalue weighted by Gasteiger charge is 2.12. The number of hydrogen-bond acceptors (Lipinski definition) is 2. The van der Waals surface area contributed by atoms with E-state index in [-0.39, 0.29) is 5.91 Å². The fourth-order valence-corrected chi connectivity index (χ4v) is 2.40. The van der Waals surface area contributed by atoms with Gasteiger partial charge in [0.25, 0.3) is 5.91 Å². The van der Waals surface area contributed by atoms with E-state index in [9.17, 15) is 4.79 Å². The molecule has 98 valence electrons. The maximum Gasteiger partial charge on any atom is 0.251 e. The summed E-state index contributed by atoms with van der Waals surface area (Å²) in [6.07, 6.45) is 5.64. The van der Waals surface area contributed by atoms with Crippen LogP contribution in [-0.2, 0) is 17.6 Å². The number of benzene rings is 1. The second-order valence-electron chi connectivity index (χ2n) is 4.79. The largest absolute Gasteiger partial charge is 0.385 e. The van der Waals surface area contributed by atoms with Crippen molar-refractivity contribution in [1.29, 1.82) is 0 Å². The number of hydrogen-bond donors (Lipinski definition) is 1. The fourth-order valence-electron chi connectivity index (χ4n) is 2.40. The van der Waals surface area contributed by atoms with E-state index < -0.39 is 0 Å². The number of nitrogens with one attached hydrogen (secondary N) is 1. The van der Waals surface area contributed by atoms with Crippen molar-refractivity contribution in [2.24, 2.45) is 0 Å². The van der Waals surface area contributed by atoms with Crippen molar-refractivity contribution in [3.05, 3.63) is 34.9 Å². The van der Waals surface area contributed by atoms with Crippen LogP contribution in [0.2, 0.25) is 0 Å². The summed E-state index contributed by atoms with van der Waals surface area (Å²) < 4.78 is 4.95. The molecule has 0 unspecified atom stereocenters. The first-order chi connectivity index (χ1) is 8.81. The first-order valence-electron chi connectivity index (χ1n) is 6.70. The Labute approximate surface area is 109 Å². The molecule has 0 aromatic heterocycles. The molecule has 18 heavy (non-hydrogen) atoms. The van der Waals surface area contributed by atoms with Crippen molar-refractivity contribution < 1.29 is 9.53 Å². The van der Waals surface area contributed by atoms with Gasteiger partial charge in [-0.3, -0.25) is 4.79 Å². The van der Waals surface area contributed by atoms with Gasteiger partial charge in [0.2, 0.25) is 0 Å². The minimum Gasteiger partial charge on any atom is -0.385 e. The maximum absolute atomic E-state index is 11.9. The van der Waals surface area contributed by atoms with Crippen molar-refractivity contribution in [2.45, 2.75) is 32.1 Å². The standard InChI is InChI=1S/C15H21NO2/c1-18-10-4-9-16-15(17)14-8-7-12-5-2-3-6-13(12)11-14/h7-8,11H,2-6,9-10H2,1H3,(H,16,17). The van der Waals surface area contributed by atoms with E-state index in [4.69, 9.17) is 4.74 Å². The van der Waals surface area contributed by atoms with Crippen LogP contribution in [-0.4, -0.2) is 26.2 Å². The van der Waals surface area contributed by atoms with Gasteiger partial charge in [0.1, 0.15) is 0 Å². The molecule has 1 N–H and O–H groups in total. The highest BCUT2D eigenvalue weighted by molar-refractivity contribution is 5.94. The monoisotopic (exact) mass is 247 g/mol. The lowest BCUT2D eigenvalue weighted by Gasteiger charge is -2.16. The summed E-state index contributed by atoms with van der Waals surface area (Å²) in [7, 11) is 1.67. The Kier molecular flexibility index (Phi) is 4.76. The molecule has 1 aromatic carbocycles. The average molecular weight is 247 g/mol. The predicted molar refractivity (Wildman–Crippen MR) is 71.9 cm³/mol. The van der Waals surface area contributed by atoms with Crippen molar-refractivity contribution in [3.63, 3.8) is 0 Å². The molecule has 1 aromatic rings. The lowest BCUT2D eigenvalue weighted by molar-refractivity contribution is 0.0948. The van der Waals surface area contributed by atoms with E-state index in [1.807, 2.05) is 6.07 Å². The van der Waals surface area contributed by atoms with Crippen molar-refractivity contribution >= 4 is 5.91 Å². The number of methoxy groups -OCH3 is 1. The lowest BCUT2D eigenvalue weighted by Crippen LogP contribution is -2.25. The Morgan fingerprint density at radius 1 is 1.28 bits per heavy atom. The zero-order chi connectivity index (χ0) is 12.8. The van der Waals surface area contributed by atoms with E-state index in [1.165, 1.54) is 24.0 Å². The van der Waals surface area contributed by atoms with E-state index in [1.54, 1.807) is 7.11 Å².